The fourth-order valence-electron chi connectivity index (χ4n) is 3.79. The summed E-state index contributed by atoms with van der Waals surface area (Å²) < 4.78 is 5.96. The number of aryl methyl sites for hydroxylation is 1. The summed E-state index contributed by atoms with van der Waals surface area (Å²) in [6.45, 7) is 6.63. The predicted octanol–water partition coefficient (Wildman–Crippen LogP) is 5.34. The first kappa shape index (κ1) is 17.0. The highest BCUT2D eigenvalue weighted by Gasteiger charge is 2.21. The Hall–Kier alpha value is -2.39. The second kappa shape index (κ2) is 7.46. The van der Waals surface area contributed by atoms with Crippen LogP contribution < -0.4 is 0 Å². The van der Waals surface area contributed by atoms with E-state index in [1.54, 1.807) is 0 Å². The van der Waals surface area contributed by atoms with Crippen LogP contribution in [-0.2, 0) is 6.42 Å². The molecular weight excluding hydrogens is 320 g/mol. The van der Waals surface area contributed by atoms with Crippen LogP contribution in [0.4, 0.5) is 0 Å². The zero-order valence-electron chi connectivity index (χ0n) is 15.6. The molecule has 2 heterocycles. The fourth-order valence-corrected chi connectivity index (χ4v) is 3.79. The van der Waals surface area contributed by atoms with Gasteiger partial charge in [-0.05, 0) is 56.5 Å². The van der Waals surface area contributed by atoms with E-state index in [2.05, 4.69) is 60.4 Å². The first-order valence-corrected chi connectivity index (χ1v) is 9.57. The van der Waals surface area contributed by atoms with Crippen molar-refractivity contribution in [2.75, 3.05) is 13.1 Å². The number of rotatable bonds is 5. The Morgan fingerprint density at radius 3 is 2.38 bits per heavy atom. The third-order valence-corrected chi connectivity index (χ3v) is 5.46. The van der Waals surface area contributed by atoms with Crippen LogP contribution >= 0.6 is 0 Å². The predicted molar refractivity (Wildman–Crippen MR) is 106 cm³/mol. The molecule has 2 aromatic carbocycles. The van der Waals surface area contributed by atoms with Crippen LogP contribution in [0.5, 0.6) is 0 Å². The molecule has 0 radical (unpaired) electrons. The summed E-state index contributed by atoms with van der Waals surface area (Å²) in [4.78, 5) is 7.33. The first-order valence-electron chi connectivity index (χ1n) is 9.57. The largest absolute Gasteiger partial charge is 0.441 e. The lowest BCUT2D eigenvalue weighted by atomic mass is 10.0. The monoisotopic (exact) mass is 346 g/mol. The molecule has 1 aliphatic rings. The van der Waals surface area contributed by atoms with Gasteiger partial charge in [0.1, 0.15) is 5.76 Å². The maximum atomic E-state index is 5.96. The van der Waals surface area contributed by atoms with Crippen LogP contribution in [0, 0.1) is 6.92 Å². The highest BCUT2D eigenvalue weighted by atomic mass is 16.4. The van der Waals surface area contributed by atoms with E-state index in [4.69, 9.17) is 9.40 Å². The standard InChI is InChI=1S/C23H26N2O/c1-17-7-6-15-25(17)16-14-22-18(2)26-23(24-22)21-12-10-20(11-13-21)19-8-4-3-5-9-19/h3-5,8-13,17H,6-7,14-16H2,1-2H3. The van der Waals surface area contributed by atoms with Gasteiger partial charge in [-0.15, -0.1) is 0 Å². The third-order valence-electron chi connectivity index (χ3n) is 5.46. The maximum Gasteiger partial charge on any atom is 0.226 e. The van der Waals surface area contributed by atoms with Crippen molar-refractivity contribution in [1.82, 2.24) is 9.88 Å². The maximum absolute atomic E-state index is 5.96. The van der Waals surface area contributed by atoms with E-state index in [0.717, 1.165) is 35.9 Å². The minimum atomic E-state index is 0.701. The molecule has 0 bridgehead atoms. The van der Waals surface area contributed by atoms with E-state index in [-0.39, 0.29) is 0 Å². The van der Waals surface area contributed by atoms with Gasteiger partial charge in [0.25, 0.3) is 0 Å². The topological polar surface area (TPSA) is 29.3 Å². The van der Waals surface area contributed by atoms with Crippen molar-refractivity contribution in [2.24, 2.45) is 0 Å². The van der Waals surface area contributed by atoms with Crippen LogP contribution in [0.1, 0.15) is 31.2 Å². The molecule has 1 unspecified atom stereocenters. The summed E-state index contributed by atoms with van der Waals surface area (Å²) in [5.41, 5.74) is 4.56. The van der Waals surface area contributed by atoms with Gasteiger partial charge in [0.2, 0.25) is 5.89 Å². The summed E-state index contributed by atoms with van der Waals surface area (Å²) in [6.07, 6.45) is 3.59. The quantitative estimate of drug-likeness (QED) is 0.624. The zero-order chi connectivity index (χ0) is 17.9. The third kappa shape index (κ3) is 3.58. The molecule has 1 fully saturated rings. The number of hydrogen-bond acceptors (Lipinski definition) is 3. The summed E-state index contributed by atoms with van der Waals surface area (Å²) in [5.74, 6) is 1.67. The van der Waals surface area contributed by atoms with E-state index in [1.807, 2.05) is 13.0 Å². The number of likely N-dealkylation sites (tertiary alicyclic amines) is 1. The molecular formula is C23H26N2O. The Morgan fingerprint density at radius 2 is 1.69 bits per heavy atom. The van der Waals surface area contributed by atoms with E-state index in [9.17, 15) is 0 Å². The van der Waals surface area contributed by atoms with Gasteiger partial charge in [-0.3, -0.25) is 0 Å². The van der Waals surface area contributed by atoms with Gasteiger partial charge in [-0.2, -0.15) is 0 Å². The minimum Gasteiger partial charge on any atom is -0.441 e. The Balaban J connectivity index is 1.48. The van der Waals surface area contributed by atoms with E-state index in [0.29, 0.717) is 6.04 Å². The van der Waals surface area contributed by atoms with Gasteiger partial charge in [-0.1, -0.05) is 42.5 Å². The summed E-state index contributed by atoms with van der Waals surface area (Å²) in [5, 5.41) is 0. The Labute approximate surface area is 155 Å². The molecule has 1 aromatic heterocycles. The van der Waals surface area contributed by atoms with Gasteiger partial charge in [0.05, 0.1) is 5.69 Å². The van der Waals surface area contributed by atoms with Crippen molar-refractivity contribution < 1.29 is 4.42 Å². The molecule has 0 aliphatic carbocycles. The molecule has 3 heteroatoms. The van der Waals surface area contributed by atoms with Crippen LogP contribution in [0.2, 0.25) is 0 Å². The van der Waals surface area contributed by atoms with Crippen LogP contribution in [-0.4, -0.2) is 29.0 Å². The van der Waals surface area contributed by atoms with E-state index < -0.39 is 0 Å². The molecule has 26 heavy (non-hydrogen) atoms. The van der Waals surface area contributed by atoms with Gasteiger partial charge >= 0.3 is 0 Å². The van der Waals surface area contributed by atoms with Crippen LogP contribution in [0.3, 0.4) is 0 Å². The molecule has 1 aliphatic heterocycles. The Morgan fingerprint density at radius 1 is 1.00 bits per heavy atom. The van der Waals surface area contributed by atoms with Crippen molar-refractivity contribution in [1.29, 1.82) is 0 Å². The number of nitrogens with zero attached hydrogens (tertiary/aromatic N) is 2. The number of aromatic nitrogens is 1. The molecule has 1 saturated heterocycles. The average Bonchev–Trinajstić information content (AvgIpc) is 3.26. The number of hydrogen-bond donors (Lipinski definition) is 0. The highest BCUT2D eigenvalue weighted by molar-refractivity contribution is 5.67. The molecule has 134 valence electrons. The second-order valence-electron chi connectivity index (χ2n) is 7.24. The van der Waals surface area contributed by atoms with Gasteiger partial charge in [0, 0.05) is 24.6 Å². The SMILES string of the molecule is Cc1oc(-c2ccc(-c3ccccc3)cc2)nc1CCN1CCCC1C. The average molecular weight is 346 g/mol. The van der Waals surface area contributed by atoms with Gasteiger partial charge < -0.3 is 9.32 Å². The number of benzene rings is 2. The first-order chi connectivity index (χ1) is 12.7. The minimum absolute atomic E-state index is 0.701. The van der Waals surface area contributed by atoms with E-state index in [1.165, 1.54) is 30.5 Å². The Kier molecular flexibility index (Phi) is 4.89. The van der Waals surface area contributed by atoms with Gasteiger partial charge in [-0.25, -0.2) is 4.98 Å². The highest BCUT2D eigenvalue weighted by Crippen LogP contribution is 2.26. The molecule has 0 N–H and O–H groups in total. The lowest BCUT2D eigenvalue weighted by molar-refractivity contribution is 0.271. The fraction of sp³-hybridized carbons (Fsp3) is 0.348. The second-order valence-corrected chi connectivity index (χ2v) is 7.24. The molecule has 0 saturated carbocycles. The van der Waals surface area contributed by atoms with E-state index >= 15 is 0 Å². The smallest absolute Gasteiger partial charge is 0.226 e. The summed E-state index contributed by atoms with van der Waals surface area (Å²) >= 11 is 0. The van der Waals surface area contributed by atoms with Crippen LogP contribution in [0.15, 0.2) is 59.0 Å². The van der Waals surface area contributed by atoms with Crippen molar-refractivity contribution in [3.63, 3.8) is 0 Å². The molecule has 0 spiro atoms. The molecule has 0 amide bonds. The zero-order valence-corrected chi connectivity index (χ0v) is 15.6. The number of oxazole rings is 1. The van der Waals surface area contributed by atoms with Crippen molar-refractivity contribution >= 4 is 0 Å². The van der Waals surface area contributed by atoms with Crippen LogP contribution in [0.25, 0.3) is 22.6 Å². The Bertz CT molecular complexity index is 852. The normalized spacial score (nSPS) is 17.7. The van der Waals surface area contributed by atoms with Gasteiger partial charge in [0.15, 0.2) is 0 Å². The van der Waals surface area contributed by atoms with Crippen molar-refractivity contribution in [2.45, 2.75) is 39.2 Å². The molecule has 4 rings (SSSR count). The van der Waals surface area contributed by atoms with Crippen molar-refractivity contribution in [3.8, 4) is 22.6 Å². The molecule has 3 aromatic rings. The molecule has 3 nitrogen and oxygen atoms in total. The summed E-state index contributed by atoms with van der Waals surface area (Å²) in [7, 11) is 0. The lowest BCUT2D eigenvalue weighted by Gasteiger charge is -2.20. The molecule has 1 atom stereocenters. The lowest BCUT2D eigenvalue weighted by Crippen LogP contribution is -2.29. The van der Waals surface area contributed by atoms with Crippen molar-refractivity contribution in [3.05, 3.63) is 66.1 Å². The summed E-state index contributed by atoms with van der Waals surface area (Å²) in [6, 6.07) is 19.6.